The van der Waals surface area contributed by atoms with Gasteiger partial charge in [-0.15, -0.1) is 0 Å². The van der Waals surface area contributed by atoms with Crippen molar-refractivity contribution in [2.45, 2.75) is 60.8 Å². The van der Waals surface area contributed by atoms with Crippen LogP contribution in [0.2, 0.25) is 0 Å². The molecule has 0 aliphatic rings. The highest BCUT2D eigenvalue weighted by Crippen LogP contribution is 2.30. The van der Waals surface area contributed by atoms with Crippen LogP contribution < -0.4 is 0 Å². The maximum Gasteiger partial charge on any atom is -0.0227 e. The Morgan fingerprint density at radius 1 is 1.31 bits per heavy atom. The fraction of sp³-hybridized carbons (Fsp3) is 0.846. The lowest BCUT2D eigenvalue weighted by Crippen LogP contribution is -2.12. The van der Waals surface area contributed by atoms with E-state index in [2.05, 4.69) is 47.6 Å². The van der Waals surface area contributed by atoms with Crippen molar-refractivity contribution in [3.63, 3.8) is 0 Å². The zero-order valence-electron chi connectivity index (χ0n) is 10.3. The molecule has 0 radical (unpaired) electrons. The molecule has 0 spiro atoms. The quantitative estimate of drug-likeness (QED) is 0.548. The molecule has 1 unspecified atom stereocenters. The lowest BCUT2D eigenvalue weighted by atomic mass is 9.81. The van der Waals surface area contributed by atoms with Crippen LogP contribution in [0.4, 0.5) is 0 Å². The average Bonchev–Trinajstić information content (AvgIpc) is 1.96. The molecule has 0 fully saturated rings. The van der Waals surface area contributed by atoms with E-state index < -0.39 is 0 Å². The van der Waals surface area contributed by atoms with Gasteiger partial charge in [-0.3, -0.25) is 0 Å². The molecule has 78 valence electrons. The summed E-state index contributed by atoms with van der Waals surface area (Å²) in [4.78, 5) is 0. The van der Waals surface area contributed by atoms with Gasteiger partial charge in [0.15, 0.2) is 0 Å². The Balaban J connectivity index is 4.15. The minimum Gasteiger partial charge on any atom is -0.0882 e. The summed E-state index contributed by atoms with van der Waals surface area (Å²) in [5.74, 6) is 0.755. The Kier molecular flexibility index (Phi) is 5.36. The van der Waals surface area contributed by atoms with E-state index in [1.54, 1.807) is 5.57 Å². The second-order valence-corrected chi connectivity index (χ2v) is 5.28. The first-order chi connectivity index (χ1) is 5.90. The van der Waals surface area contributed by atoms with Crippen molar-refractivity contribution in [3.05, 3.63) is 11.6 Å². The van der Waals surface area contributed by atoms with Gasteiger partial charge < -0.3 is 0 Å². The minimum atomic E-state index is 0.460. The van der Waals surface area contributed by atoms with Crippen LogP contribution >= 0.6 is 0 Å². The smallest absolute Gasteiger partial charge is 0.0227 e. The molecule has 0 aliphatic carbocycles. The third-order valence-electron chi connectivity index (χ3n) is 2.46. The summed E-state index contributed by atoms with van der Waals surface area (Å²) in [5, 5.41) is 0. The van der Waals surface area contributed by atoms with Crippen LogP contribution in [-0.2, 0) is 0 Å². The van der Waals surface area contributed by atoms with Crippen molar-refractivity contribution in [1.82, 2.24) is 0 Å². The van der Waals surface area contributed by atoms with E-state index in [0.717, 1.165) is 5.92 Å². The van der Waals surface area contributed by atoms with Gasteiger partial charge in [0.2, 0.25) is 0 Å². The van der Waals surface area contributed by atoms with E-state index in [1.165, 1.54) is 19.3 Å². The molecule has 0 aromatic heterocycles. The number of hydrogen-bond acceptors (Lipinski definition) is 0. The van der Waals surface area contributed by atoms with Gasteiger partial charge in [-0.1, -0.05) is 52.7 Å². The molecule has 0 bridgehead atoms. The predicted octanol–water partition coefficient (Wildman–Crippen LogP) is 4.81. The van der Waals surface area contributed by atoms with Crippen molar-refractivity contribution in [2.75, 3.05) is 0 Å². The zero-order valence-corrected chi connectivity index (χ0v) is 10.3. The molecule has 1 atom stereocenters. The predicted molar refractivity (Wildman–Crippen MR) is 61.9 cm³/mol. The molecule has 0 saturated heterocycles. The van der Waals surface area contributed by atoms with Gasteiger partial charge in [-0.05, 0) is 31.1 Å². The van der Waals surface area contributed by atoms with Gasteiger partial charge in [-0.2, -0.15) is 0 Å². The van der Waals surface area contributed by atoms with E-state index in [4.69, 9.17) is 0 Å². The normalized spacial score (nSPS) is 16.0. The van der Waals surface area contributed by atoms with E-state index in [1.807, 2.05) is 0 Å². The summed E-state index contributed by atoms with van der Waals surface area (Å²) in [7, 11) is 0. The van der Waals surface area contributed by atoms with Crippen LogP contribution in [0.15, 0.2) is 11.6 Å². The third-order valence-corrected chi connectivity index (χ3v) is 2.46. The second kappa shape index (κ2) is 5.47. The van der Waals surface area contributed by atoms with Crippen LogP contribution in [-0.4, -0.2) is 0 Å². The third kappa shape index (κ3) is 5.90. The molecule has 0 amide bonds. The van der Waals surface area contributed by atoms with Gasteiger partial charge in [0.25, 0.3) is 0 Å². The first-order valence-electron chi connectivity index (χ1n) is 5.55. The number of rotatable bonds is 4. The summed E-state index contributed by atoms with van der Waals surface area (Å²) in [5.41, 5.74) is 2.10. The molecular formula is C13H26. The van der Waals surface area contributed by atoms with E-state index >= 15 is 0 Å². The summed E-state index contributed by atoms with van der Waals surface area (Å²) in [6.45, 7) is 13.8. The van der Waals surface area contributed by atoms with Gasteiger partial charge in [0.05, 0.1) is 0 Å². The highest BCUT2D eigenvalue weighted by atomic mass is 14.2. The molecule has 0 saturated carbocycles. The van der Waals surface area contributed by atoms with Crippen molar-refractivity contribution in [3.8, 4) is 0 Å². The highest BCUT2D eigenvalue weighted by molar-refractivity contribution is 5.04. The molecule has 0 nitrogen and oxygen atoms in total. The first-order valence-corrected chi connectivity index (χ1v) is 5.55. The minimum absolute atomic E-state index is 0.460. The number of allylic oxidation sites excluding steroid dienone is 2. The van der Waals surface area contributed by atoms with Crippen LogP contribution in [0.5, 0.6) is 0 Å². The van der Waals surface area contributed by atoms with Crippen molar-refractivity contribution in [2.24, 2.45) is 11.3 Å². The molecule has 0 rings (SSSR count). The van der Waals surface area contributed by atoms with Gasteiger partial charge in [0.1, 0.15) is 0 Å². The van der Waals surface area contributed by atoms with Gasteiger partial charge in [0, 0.05) is 0 Å². The molecule has 0 aromatic carbocycles. The topological polar surface area (TPSA) is 0 Å². The van der Waals surface area contributed by atoms with Crippen LogP contribution in [0.1, 0.15) is 60.8 Å². The Morgan fingerprint density at radius 3 is 2.15 bits per heavy atom. The molecule has 0 aromatic rings. The first kappa shape index (κ1) is 12.7. The molecular weight excluding hydrogens is 156 g/mol. The van der Waals surface area contributed by atoms with Crippen LogP contribution in [0.3, 0.4) is 0 Å². The number of hydrogen-bond donors (Lipinski definition) is 0. The lowest BCUT2D eigenvalue weighted by Gasteiger charge is -2.25. The van der Waals surface area contributed by atoms with E-state index in [9.17, 15) is 0 Å². The fourth-order valence-corrected chi connectivity index (χ4v) is 2.01. The summed E-state index contributed by atoms with van der Waals surface area (Å²) < 4.78 is 0. The summed E-state index contributed by atoms with van der Waals surface area (Å²) >= 11 is 0. The van der Waals surface area contributed by atoms with E-state index in [-0.39, 0.29) is 0 Å². The summed E-state index contributed by atoms with van der Waals surface area (Å²) in [6, 6.07) is 0. The Labute approximate surface area is 84.4 Å². The summed E-state index contributed by atoms with van der Waals surface area (Å²) in [6.07, 6.45) is 6.15. The second-order valence-electron chi connectivity index (χ2n) is 5.28. The molecule has 0 heteroatoms. The Bertz CT molecular complexity index is 157. The van der Waals surface area contributed by atoms with Crippen LogP contribution in [0, 0.1) is 11.3 Å². The van der Waals surface area contributed by atoms with E-state index in [0.29, 0.717) is 5.41 Å². The lowest BCUT2D eigenvalue weighted by molar-refractivity contribution is 0.326. The largest absolute Gasteiger partial charge is 0.0882 e. The standard InChI is InChI=1S/C13H26/c1-7-9-12(8-2)11(3)10-13(4,5)6/h8,11H,7,9-10H2,1-6H3. The monoisotopic (exact) mass is 182 g/mol. The van der Waals surface area contributed by atoms with Crippen molar-refractivity contribution in [1.29, 1.82) is 0 Å². The SMILES string of the molecule is CC=C(CCC)C(C)CC(C)(C)C. The maximum atomic E-state index is 2.36. The molecule has 0 N–H and O–H groups in total. The molecule has 0 aliphatic heterocycles. The van der Waals surface area contributed by atoms with Crippen molar-refractivity contribution < 1.29 is 0 Å². The molecule has 13 heavy (non-hydrogen) atoms. The average molecular weight is 182 g/mol. The fourth-order valence-electron chi connectivity index (χ4n) is 2.01. The Morgan fingerprint density at radius 2 is 1.85 bits per heavy atom. The van der Waals surface area contributed by atoms with Gasteiger partial charge in [-0.25, -0.2) is 0 Å². The Hall–Kier alpha value is -0.260. The van der Waals surface area contributed by atoms with Crippen LogP contribution in [0.25, 0.3) is 0 Å². The zero-order chi connectivity index (χ0) is 10.5. The van der Waals surface area contributed by atoms with Crippen molar-refractivity contribution >= 4 is 0 Å². The van der Waals surface area contributed by atoms with Gasteiger partial charge >= 0.3 is 0 Å². The maximum absolute atomic E-state index is 2.36. The highest BCUT2D eigenvalue weighted by Gasteiger charge is 2.17. The molecule has 0 heterocycles.